The third-order valence-electron chi connectivity index (χ3n) is 7.26. The zero-order valence-electron chi connectivity index (χ0n) is 19.5. The van der Waals surface area contributed by atoms with Crippen molar-refractivity contribution >= 4 is 28.2 Å². The standard InChI is InChI=1S/C26H30N4O4/c1-34-20-6-7-24-21(16-20)23(17-27-24)18-9-13-29(14-10-18)26(31)22-15-19(30(32)33)5-8-25(22)28-11-3-2-4-12-28/h5-8,15-18,27H,2-4,9-14H2,1H3. The molecule has 5 rings (SSSR count). The Morgan fingerprint density at radius 3 is 2.53 bits per heavy atom. The van der Waals surface area contributed by atoms with Crippen molar-refractivity contribution in [3.63, 3.8) is 0 Å². The van der Waals surface area contributed by atoms with Gasteiger partial charge in [0.15, 0.2) is 0 Å². The minimum Gasteiger partial charge on any atom is -0.497 e. The van der Waals surface area contributed by atoms with E-state index in [0.717, 1.165) is 61.1 Å². The molecule has 2 aromatic carbocycles. The molecule has 0 aliphatic carbocycles. The quantitative estimate of drug-likeness (QED) is 0.421. The van der Waals surface area contributed by atoms with Crippen molar-refractivity contribution in [2.75, 3.05) is 38.2 Å². The number of aromatic amines is 1. The van der Waals surface area contributed by atoms with Gasteiger partial charge in [-0.1, -0.05) is 0 Å². The number of piperidine rings is 2. The number of ether oxygens (including phenoxy) is 1. The first-order chi connectivity index (χ1) is 16.5. The van der Waals surface area contributed by atoms with Crippen LogP contribution in [0.25, 0.3) is 10.9 Å². The summed E-state index contributed by atoms with van der Waals surface area (Å²) in [6.45, 7) is 3.01. The fourth-order valence-corrected chi connectivity index (χ4v) is 5.37. The second kappa shape index (κ2) is 9.37. The highest BCUT2D eigenvalue weighted by molar-refractivity contribution is 6.00. The number of hydrogen-bond acceptors (Lipinski definition) is 5. The number of anilines is 1. The minimum absolute atomic E-state index is 0.0354. The summed E-state index contributed by atoms with van der Waals surface area (Å²) in [5, 5.41) is 12.6. The molecule has 0 unspecified atom stereocenters. The summed E-state index contributed by atoms with van der Waals surface area (Å²) in [5.41, 5.74) is 3.57. The number of nitrogens with one attached hydrogen (secondary N) is 1. The zero-order valence-corrected chi connectivity index (χ0v) is 19.5. The van der Waals surface area contributed by atoms with E-state index in [0.29, 0.717) is 24.6 Å². The van der Waals surface area contributed by atoms with Crippen molar-refractivity contribution in [1.82, 2.24) is 9.88 Å². The maximum Gasteiger partial charge on any atom is 0.270 e. The third kappa shape index (κ3) is 4.20. The molecular formula is C26H30N4O4. The van der Waals surface area contributed by atoms with Gasteiger partial charge < -0.3 is 19.5 Å². The SMILES string of the molecule is COc1ccc2[nH]cc(C3CCN(C(=O)c4cc([N+](=O)[O-])ccc4N4CCCCC4)CC3)c2c1. The molecule has 3 heterocycles. The highest BCUT2D eigenvalue weighted by Gasteiger charge is 2.29. The Hall–Kier alpha value is -3.55. The van der Waals surface area contributed by atoms with Gasteiger partial charge in [0.2, 0.25) is 0 Å². The second-order valence-electron chi connectivity index (χ2n) is 9.23. The maximum atomic E-state index is 13.6. The number of carbonyl (C=O) groups is 1. The number of benzene rings is 2. The molecule has 34 heavy (non-hydrogen) atoms. The van der Waals surface area contributed by atoms with Crippen LogP contribution in [0.5, 0.6) is 5.75 Å². The van der Waals surface area contributed by atoms with Gasteiger partial charge >= 0.3 is 0 Å². The number of hydrogen-bond donors (Lipinski definition) is 1. The summed E-state index contributed by atoms with van der Waals surface area (Å²) in [5.74, 6) is 1.07. The van der Waals surface area contributed by atoms with E-state index >= 15 is 0 Å². The van der Waals surface area contributed by atoms with Gasteiger partial charge in [-0.15, -0.1) is 0 Å². The van der Waals surface area contributed by atoms with Crippen LogP contribution in [0.1, 0.15) is 53.9 Å². The van der Waals surface area contributed by atoms with Gasteiger partial charge in [-0.05, 0) is 67.9 Å². The van der Waals surface area contributed by atoms with Crippen LogP contribution in [0.4, 0.5) is 11.4 Å². The lowest BCUT2D eigenvalue weighted by atomic mass is 9.89. The molecule has 2 aliphatic heterocycles. The van der Waals surface area contributed by atoms with Crippen LogP contribution in [0.15, 0.2) is 42.6 Å². The molecule has 8 heteroatoms. The van der Waals surface area contributed by atoms with Gasteiger partial charge in [-0.25, -0.2) is 0 Å². The zero-order chi connectivity index (χ0) is 23.7. The van der Waals surface area contributed by atoms with Crippen LogP contribution in [-0.2, 0) is 0 Å². The molecule has 1 N–H and O–H groups in total. The molecule has 2 saturated heterocycles. The van der Waals surface area contributed by atoms with E-state index < -0.39 is 4.92 Å². The first-order valence-corrected chi connectivity index (χ1v) is 12.0. The lowest BCUT2D eigenvalue weighted by Gasteiger charge is -2.34. The monoisotopic (exact) mass is 462 g/mol. The Morgan fingerprint density at radius 1 is 1.06 bits per heavy atom. The van der Waals surface area contributed by atoms with Crippen molar-refractivity contribution < 1.29 is 14.5 Å². The number of nitro groups is 1. The number of nitro benzene ring substituents is 1. The molecule has 1 amide bonds. The van der Waals surface area contributed by atoms with Gasteiger partial charge in [0.1, 0.15) is 5.75 Å². The van der Waals surface area contributed by atoms with Crippen molar-refractivity contribution in [2.24, 2.45) is 0 Å². The summed E-state index contributed by atoms with van der Waals surface area (Å²) in [6, 6.07) is 10.8. The molecule has 0 bridgehead atoms. The molecule has 8 nitrogen and oxygen atoms in total. The van der Waals surface area contributed by atoms with Gasteiger partial charge in [0.05, 0.1) is 23.3 Å². The number of aromatic nitrogens is 1. The molecular weight excluding hydrogens is 432 g/mol. The number of rotatable bonds is 5. The summed E-state index contributed by atoms with van der Waals surface area (Å²) < 4.78 is 5.40. The average Bonchev–Trinajstić information content (AvgIpc) is 3.31. The number of nitrogens with zero attached hydrogens (tertiary/aromatic N) is 3. The number of likely N-dealkylation sites (tertiary alicyclic amines) is 1. The molecule has 0 saturated carbocycles. The largest absolute Gasteiger partial charge is 0.497 e. The Bertz CT molecular complexity index is 1210. The first kappa shape index (κ1) is 22.3. The lowest BCUT2D eigenvalue weighted by Crippen LogP contribution is -2.39. The highest BCUT2D eigenvalue weighted by atomic mass is 16.6. The Kier molecular flexibility index (Phi) is 6.13. The van der Waals surface area contributed by atoms with Crippen LogP contribution < -0.4 is 9.64 Å². The fraction of sp³-hybridized carbons (Fsp3) is 0.423. The van der Waals surface area contributed by atoms with Gasteiger partial charge in [0, 0.05) is 55.4 Å². The Morgan fingerprint density at radius 2 is 1.82 bits per heavy atom. The van der Waals surface area contributed by atoms with Gasteiger partial charge in [-0.3, -0.25) is 14.9 Å². The maximum absolute atomic E-state index is 13.6. The third-order valence-corrected chi connectivity index (χ3v) is 7.26. The van der Waals surface area contributed by atoms with E-state index in [-0.39, 0.29) is 11.6 Å². The fourth-order valence-electron chi connectivity index (χ4n) is 5.37. The topological polar surface area (TPSA) is 91.7 Å². The van der Waals surface area contributed by atoms with E-state index in [2.05, 4.69) is 22.1 Å². The van der Waals surface area contributed by atoms with Crippen LogP contribution in [0.3, 0.4) is 0 Å². The Balaban J connectivity index is 1.36. The predicted octanol–water partition coefficient (Wildman–Crippen LogP) is 5.09. The Labute approximate surface area is 198 Å². The van der Waals surface area contributed by atoms with Gasteiger partial charge in [0.25, 0.3) is 11.6 Å². The van der Waals surface area contributed by atoms with Crippen molar-refractivity contribution in [2.45, 2.75) is 38.0 Å². The van der Waals surface area contributed by atoms with Crippen LogP contribution in [0.2, 0.25) is 0 Å². The number of non-ortho nitro benzene ring substituents is 1. The lowest BCUT2D eigenvalue weighted by molar-refractivity contribution is -0.384. The van der Waals surface area contributed by atoms with Crippen molar-refractivity contribution in [3.8, 4) is 5.75 Å². The van der Waals surface area contributed by atoms with E-state index in [9.17, 15) is 14.9 Å². The van der Waals surface area contributed by atoms with E-state index in [4.69, 9.17) is 4.74 Å². The minimum atomic E-state index is -0.422. The first-order valence-electron chi connectivity index (χ1n) is 12.0. The van der Waals surface area contributed by atoms with E-state index in [1.165, 1.54) is 24.1 Å². The van der Waals surface area contributed by atoms with Crippen molar-refractivity contribution in [1.29, 1.82) is 0 Å². The molecule has 0 spiro atoms. The van der Waals surface area contributed by atoms with E-state index in [1.807, 2.05) is 17.0 Å². The molecule has 178 valence electrons. The normalized spacial score (nSPS) is 17.2. The van der Waals surface area contributed by atoms with Crippen LogP contribution in [-0.4, -0.2) is 54.0 Å². The molecule has 0 radical (unpaired) electrons. The van der Waals surface area contributed by atoms with Crippen LogP contribution in [0, 0.1) is 10.1 Å². The molecule has 2 aliphatic rings. The number of fused-ring (bicyclic) bond motifs is 1. The molecule has 3 aromatic rings. The number of H-pyrrole nitrogens is 1. The van der Waals surface area contributed by atoms with Crippen LogP contribution >= 0.6 is 0 Å². The van der Waals surface area contributed by atoms with Gasteiger partial charge in [-0.2, -0.15) is 0 Å². The van der Waals surface area contributed by atoms with E-state index in [1.54, 1.807) is 13.2 Å². The molecule has 1 aromatic heterocycles. The average molecular weight is 463 g/mol. The number of carbonyl (C=O) groups excluding carboxylic acids is 1. The molecule has 2 fully saturated rings. The number of methoxy groups -OCH3 is 1. The summed E-state index contributed by atoms with van der Waals surface area (Å²) >= 11 is 0. The number of amides is 1. The molecule has 0 atom stereocenters. The summed E-state index contributed by atoms with van der Waals surface area (Å²) in [4.78, 5) is 32.0. The summed E-state index contributed by atoms with van der Waals surface area (Å²) in [7, 11) is 1.67. The smallest absolute Gasteiger partial charge is 0.270 e. The predicted molar refractivity (Wildman–Crippen MR) is 132 cm³/mol. The van der Waals surface area contributed by atoms with Crippen molar-refractivity contribution in [3.05, 3.63) is 63.8 Å². The summed E-state index contributed by atoms with van der Waals surface area (Å²) in [6.07, 6.45) is 7.10. The highest BCUT2D eigenvalue weighted by Crippen LogP contribution is 2.36. The second-order valence-corrected chi connectivity index (χ2v) is 9.23.